The highest BCUT2D eigenvalue weighted by Crippen LogP contribution is 2.16. The maximum atomic E-state index is 3.94. The molecule has 1 fully saturated rings. The molecule has 11 heavy (non-hydrogen) atoms. The molecule has 0 aliphatic carbocycles. The van der Waals surface area contributed by atoms with Crippen LogP contribution in [0.2, 0.25) is 0 Å². The number of piperidine rings is 1. The molecule has 0 bridgehead atoms. The van der Waals surface area contributed by atoms with E-state index in [9.17, 15) is 0 Å². The zero-order valence-corrected chi connectivity index (χ0v) is 7.06. The van der Waals surface area contributed by atoms with Crippen LogP contribution in [0, 0.1) is 0 Å². The first-order chi connectivity index (χ1) is 5.34. The number of hydrogen-bond acceptors (Lipinski definition) is 1. The molecule has 1 rings (SSSR count). The largest absolute Gasteiger partial charge is 0.385 e. The van der Waals surface area contributed by atoms with Crippen molar-refractivity contribution in [1.29, 1.82) is 0 Å². The van der Waals surface area contributed by atoms with E-state index in [1.165, 1.54) is 12.0 Å². The van der Waals surface area contributed by atoms with E-state index in [1.54, 1.807) is 0 Å². The van der Waals surface area contributed by atoms with Gasteiger partial charge in [-0.15, -0.1) is 0 Å². The number of rotatable bonds is 1. The molecule has 0 saturated carbocycles. The van der Waals surface area contributed by atoms with Crippen molar-refractivity contribution in [1.82, 2.24) is 5.32 Å². The Morgan fingerprint density at radius 2 is 2.36 bits per heavy atom. The fourth-order valence-electron chi connectivity index (χ4n) is 1.18. The normalized spacial score (nSPS) is 22.6. The Morgan fingerprint density at radius 1 is 1.55 bits per heavy atom. The lowest BCUT2D eigenvalue weighted by atomic mass is 10.0. The molecule has 1 saturated heterocycles. The van der Waals surface area contributed by atoms with Crippen LogP contribution in [0.3, 0.4) is 0 Å². The molecule has 0 atom stereocenters. The van der Waals surface area contributed by atoms with Gasteiger partial charge in [0.1, 0.15) is 0 Å². The third-order valence-corrected chi connectivity index (χ3v) is 1.84. The lowest BCUT2D eigenvalue weighted by Crippen LogP contribution is -2.20. The second-order valence-corrected chi connectivity index (χ2v) is 2.73. The highest BCUT2D eigenvalue weighted by atomic mass is 14.9. The molecule has 1 aliphatic rings. The Labute approximate surface area is 68.5 Å². The molecule has 0 amide bonds. The minimum atomic E-state index is 1.08. The summed E-state index contributed by atoms with van der Waals surface area (Å²) in [5.41, 5.74) is 2.43. The molecule has 0 aromatic rings. The fraction of sp³-hybridized carbons (Fsp3) is 0.400. The van der Waals surface area contributed by atoms with E-state index in [-0.39, 0.29) is 0 Å². The van der Waals surface area contributed by atoms with Gasteiger partial charge in [0.05, 0.1) is 0 Å². The van der Waals surface area contributed by atoms with Crippen molar-refractivity contribution >= 4 is 0 Å². The van der Waals surface area contributed by atoms with E-state index in [1.807, 2.05) is 13.0 Å². The molecular formula is C10H15N. The Balaban J connectivity index is 2.61. The average molecular weight is 149 g/mol. The minimum Gasteiger partial charge on any atom is -0.385 e. The lowest BCUT2D eigenvalue weighted by molar-refractivity contribution is 0.671. The molecule has 0 aromatic carbocycles. The summed E-state index contributed by atoms with van der Waals surface area (Å²) < 4.78 is 0. The van der Waals surface area contributed by atoms with E-state index in [4.69, 9.17) is 0 Å². The second kappa shape index (κ2) is 4.02. The first-order valence-corrected chi connectivity index (χ1v) is 4.09. The fourth-order valence-corrected chi connectivity index (χ4v) is 1.18. The maximum Gasteiger partial charge on any atom is 0.0299 e. The molecule has 0 spiro atoms. The molecule has 0 radical (unpaired) electrons. The van der Waals surface area contributed by atoms with Gasteiger partial charge in [-0.05, 0) is 25.3 Å². The van der Waals surface area contributed by atoms with Crippen molar-refractivity contribution < 1.29 is 0 Å². The van der Waals surface area contributed by atoms with Crippen LogP contribution < -0.4 is 5.32 Å². The smallest absolute Gasteiger partial charge is 0.0299 e. The minimum absolute atomic E-state index is 1.08. The third-order valence-electron chi connectivity index (χ3n) is 1.84. The quantitative estimate of drug-likeness (QED) is 0.603. The predicted octanol–water partition coefficient (Wildman–Crippen LogP) is 2.39. The molecular weight excluding hydrogens is 134 g/mol. The summed E-state index contributed by atoms with van der Waals surface area (Å²) in [4.78, 5) is 0. The molecule has 1 aliphatic heterocycles. The van der Waals surface area contributed by atoms with E-state index in [2.05, 4.69) is 24.0 Å². The van der Waals surface area contributed by atoms with E-state index in [0.717, 1.165) is 18.7 Å². The molecule has 1 N–H and O–H groups in total. The van der Waals surface area contributed by atoms with Crippen LogP contribution in [0.15, 0.2) is 36.1 Å². The SMILES string of the molecule is C=C1NCCC/C1=C/C=C\C. The van der Waals surface area contributed by atoms with Crippen LogP contribution in [0.1, 0.15) is 19.8 Å². The average Bonchev–Trinajstić information content (AvgIpc) is 2.03. The monoisotopic (exact) mass is 149 g/mol. The van der Waals surface area contributed by atoms with Gasteiger partial charge in [0, 0.05) is 12.2 Å². The van der Waals surface area contributed by atoms with Crippen molar-refractivity contribution in [3.05, 3.63) is 36.1 Å². The van der Waals surface area contributed by atoms with Gasteiger partial charge in [-0.2, -0.15) is 0 Å². The maximum absolute atomic E-state index is 3.94. The highest BCUT2D eigenvalue weighted by Gasteiger charge is 2.06. The van der Waals surface area contributed by atoms with E-state index in [0.29, 0.717) is 0 Å². The van der Waals surface area contributed by atoms with E-state index < -0.39 is 0 Å². The summed E-state index contributed by atoms with van der Waals surface area (Å²) in [5.74, 6) is 0. The van der Waals surface area contributed by atoms with E-state index >= 15 is 0 Å². The van der Waals surface area contributed by atoms with Gasteiger partial charge >= 0.3 is 0 Å². The topological polar surface area (TPSA) is 12.0 Å². The molecule has 1 heterocycles. The highest BCUT2D eigenvalue weighted by molar-refractivity contribution is 5.31. The summed E-state index contributed by atoms with van der Waals surface area (Å²) in [6, 6.07) is 0. The number of nitrogens with one attached hydrogen (secondary N) is 1. The van der Waals surface area contributed by atoms with Gasteiger partial charge in [-0.1, -0.05) is 24.8 Å². The van der Waals surface area contributed by atoms with Gasteiger partial charge < -0.3 is 5.32 Å². The molecule has 0 unspecified atom stereocenters. The zero-order valence-electron chi connectivity index (χ0n) is 7.06. The second-order valence-electron chi connectivity index (χ2n) is 2.73. The molecule has 1 nitrogen and oxygen atoms in total. The van der Waals surface area contributed by atoms with Crippen LogP contribution >= 0.6 is 0 Å². The van der Waals surface area contributed by atoms with Gasteiger partial charge in [0.15, 0.2) is 0 Å². The summed E-state index contributed by atoms with van der Waals surface area (Å²) in [6.07, 6.45) is 8.62. The van der Waals surface area contributed by atoms with Crippen molar-refractivity contribution in [3.63, 3.8) is 0 Å². The first-order valence-electron chi connectivity index (χ1n) is 4.09. The molecule has 0 aromatic heterocycles. The third kappa shape index (κ3) is 2.26. The number of hydrogen-bond donors (Lipinski definition) is 1. The Morgan fingerprint density at radius 3 is 3.00 bits per heavy atom. The first kappa shape index (κ1) is 8.12. The van der Waals surface area contributed by atoms with Crippen LogP contribution in [0.4, 0.5) is 0 Å². The van der Waals surface area contributed by atoms with Crippen molar-refractivity contribution in [3.8, 4) is 0 Å². The van der Waals surface area contributed by atoms with Crippen molar-refractivity contribution in [2.75, 3.05) is 6.54 Å². The molecule has 60 valence electrons. The van der Waals surface area contributed by atoms with Crippen LogP contribution in [0.25, 0.3) is 0 Å². The lowest BCUT2D eigenvalue weighted by Gasteiger charge is -2.18. The van der Waals surface area contributed by atoms with Gasteiger partial charge in [-0.3, -0.25) is 0 Å². The predicted molar refractivity (Wildman–Crippen MR) is 49.3 cm³/mol. The van der Waals surface area contributed by atoms with Crippen LogP contribution in [-0.2, 0) is 0 Å². The van der Waals surface area contributed by atoms with Crippen LogP contribution in [0.5, 0.6) is 0 Å². The van der Waals surface area contributed by atoms with Crippen molar-refractivity contribution in [2.45, 2.75) is 19.8 Å². The van der Waals surface area contributed by atoms with Crippen LogP contribution in [-0.4, -0.2) is 6.54 Å². The van der Waals surface area contributed by atoms with Crippen molar-refractivity contribution in [2.24, 2.45) is 0 Å². The summed E-state index contributed by atoms with van der Waals surface area (Å²) in [5, 5.41) is 3.24. The summed E-state index contributed by atoms with van der Waals surface area (Å²) in [7, 11) is 0. The van der Waals surface area contributed by atoms with Gasteiger partial charge in [0.2, 0.25) is 0 Å². The Kier molecular flexibility index (Phi) is 2.96. The molecule has 1 heteroatoms. The van der Waals surface area contributed by atoms with Gasteiger partial charge in [-0.25, -0.2) is 0 Å². The summed E-state index contributed by atoms with van der Waals surface area (Å²) in [6.45, 7) is 7.03. The Hall–Kier alpha value is -0.980. The zero-order chi connectivity index (χ0) is 8.10. The Bertz CT molecular complexity index is 199. The van der Waals surface area contributed by atoms with Gasteiger partial charge in [0.25, 0.3) is 0 Å². The number of allylic oxidation sites excluding steroid dienone is 4. The standard InChI is InChI=1S/C10H15N/c1-3-4-6-10-7-5-8-11-9(10)2/h3-4,6,11H,2,5,7-8H2,1H3/b4-3-,10-6-. The summed E-state index contributed by atoms with van der Waals surface area (Å²) >= 11 is 0.